The molecule has 1 aromatic carbocycles. The van der Waals surface area contributed by atoms with E-state index < -0.39 is 0 Å². The summed E-state index contributed by atoms with van der Waals surface area (Å²) in [6.07, 6.45) is 9.88. The van der Waals surface area contributed by atoms with Crippen LogP contribution in [0.1, 0.15) is 67.2 Å². The van der Waals surface area contributed by atoms with E-state index in [1.807, 2.05) is 0 Å². The summed E-state index contributed by atoms with van der Waals surface area (Å²) in [5.41, 5.74) is 10.9. The third kappa shape index (κ3) is 2.14. The Bertz CT molecular complexity index is 533. The van der Waals surface area contributed by atoms with Crippen molar-refractivity contribution in [2.75, 3.05) is 0 Å². The van der Waals surface area contributed by atoms with Gasteiger partial charge in [-0.1, -0.05) is 30.9 Å². The molecule has 0 radical (unpaired) electrons. The van der Waals surface area contributed by atoms with Crippen LogP contribution in [0, 0.1) is 6.92 Å². The summed E-state index contributed by atoms with van der Waals surface area (Å²) < 4.78 is 0. The largest absolute Gasteiger partial charge is 0.506 e. The Kier molecular flexibility index (Phi) is 3.72. The Morgan fingerprint density at radius 3 is 2.25 bits per heavy atom. The third-order valence-corrected chi connectivity index (χ3v) is 5.66. The number of benzene rings is 1. The van der Waals surface area contributed by atoms with Gasteiger partial charge in [0, 0.05) is 11.1 Å². The van der Waals surface area contributed by atoms with Crippen molar-refractivity contribution in [3.8, 4) is 5.75 Å². The number of rotatable bonds is 1. The van der Waals surface area contributed by atoms with Crippen LogP contribution in [0.15, 0.2) is 0 Å². The minimum atomic E-state index is -0.386. The molecule has 0 aliphatic heterocycles. The second-order valence-corrected chi connectivity index (χ2v) is 6.92. The van der Waals surface area contributed by atoms with Crippen molar-refractivity contribution < 1.29 is 5.11 Å². The van der Waals surface area contributed by atoms with Crippen molar-refractivity contribution in [3.05, 3.63) is 27.3 Å². The van der Waals surface area contributed by atoms with Crippen LogP contribution in [0.4, 0.5) is 0 Å². The highest BCUT2D eigenvalue weighted by Crippen LogP contribution is 2.47. The Morgan fingerprint density at radius 2 is 1.60 bits per heavy atom. The lowest BCUT2D eigenvalue weighted by Gasteiger charge is -2.37. The van der Waals surface area contributed by atoms with Gasteiger partial charge in [0.2, 0.25) is 0 Å². The minimum Gasteiger partial charge on any atom is -0.506 e. The van der Waals surface area contributed by atoms with Gasteiger partial charge in [-0.15, -0.1) is 0 Å². The first-order valence-corrected chi connectivity index (χ1v) is 8.24. The third-order valence-electron chi connectivity index (χ3n) is 5.25. The molecule has 1 fully saturated rings. The maximum Gasteiger partial charge on any atom is 0.139 e. The van der Waals surface area contributed by atoms with Crippen LogP contribution in [0.5, 0.6) is 5.75 Å². The normalized spacial score (nSPS) is 21.6. The van der Waals surface area contributed by atoms with E-state index in [-0.39, 0.29) is 11.3 Å². The van der Waals surface area contributed by atoms with Gasteiger partial charge in [-0.05, 0) is 62.1 Å². The average molecular weight is 294 g/mol. The van der Waals surface area contributed by atoms with Crippen molar-refractivity contribution >= 4 is 11.6 Å². The average Bonchev–Trinajstić information content (AvgIpc) is 2.46. The topological polar surface area (TPSA) is 46.2 Å². The highest BCUT2D eigenvalue weighted by Gasteiger charge is 2.36. The Hall–Kier alpha value is -0.730. The molecule has 1 saturated carbocycles. The molecule has 2 aliphatic rings. The zero-order chi connectivity index (χ0) is 14.3. The number of fused-ring (bicyclic) bond motifs is 1. The minimum absolute atomic E-state index is 0.259. The Morgan fingerprint density at radius 1 is 1.00 bits per heavy atom. The molecule has 2 nitrogen and oxygen atoms in total. The standard InChI is InChI=1S/C17H24ClNO/c1-11-12-7-3-4-8-13(12)15(18)16(20)14(11)17(19)9-5-2-6-10-17/h20H,2-10,19H2,1H3. The molecule has 0 heterocycles. The second kappa shape index (κ2) is 5.23. The van der Waals surface area contributed by atoms with Crippen molar-refractivity contribution in [2.45, 2.75) is 70.3 Å². The number of nitrogens with two attached hydrogens (primary N) is 1. The van der Waals surface area contributed by atoms with Crippen molar-refractivity contribution in [2.24, 2.45) is 5.73 Å². The number of aromatic hydroxyl groups is 1. The van der Waals surface area contributed by atoms with Gasteiger partial charge in [0.15, 0.2) is 0 Å². The fourth-order valence-electron chi connectivity index (χ4n) is 4.18. The lowest BCUT2D eigenvalue weighted by atomic mass is 9.73. The molecule has 0 amide bonds. The van der Waals surface area contributed by atoms with E-state index in [0.29, 0.717) is 5.02 Å². The summed E-state index contributed by atoms with van der Waals surface area (Å²) >= 11 is 6.46. The van der Waals surface area contributed by atoms with Crippen LogP contribution < -0.4 is 5.73 Å². The Balaban J connectivity index is 2.18. The van der Waals surface area contributed by atoms with E-state index >= 15 is 0 Å². The number of hydrogen-bond donors (Lipinski definition) is 2. The molecule has 0 unspecified atom stereocenters. The van der Waals surface area contributed by atoms with Gasteiger partial charge >= 0.3 is 0 Å². The van der Waals surface area contributed by atoms with E-state index in [1.54, 1.807) is 0 Å². The summed E-state index contributed by atoms with van der Waals surface area (Å²) in [5, 5.41) is 11.2. The van der Waals surface area contributed by atoms with Crippen LogP contribution in [-0.2, 0) is 18.4 Å². The maximum atomic E-state index is 10.6. The molecule has 0 spiro atoms. The molecule has 3 N–H and O–H groups in total. The zero-order valence-corrected chi connectivity index (χ0v) is 13.0. The number of phenolic OH excluding ortho intramolecular Hbond substituents is 1. The monoisotopic (exact) mass is 293 g/mol. The summed E-state index contributed by atoms with van der Waals surface area (Å²) in [6, 6.07) is 0. The quantitative estimate of drug-likeness (QED) is 0.808. The van der Waals surface area contributed by atoms with Gasteiger partial charge < -0.3 is 10.8 Å². The predicted molar refractivity (Wildman–Crippen MR) is 83.4 cm³/mol. The molecular formula is C17H24ClNO. The lowest BCUT2D eigenvalue weighted by Crippen LogP contribution is -2.39. The number of hydrogen-bond acceptors (Lipinski definition) is 2. The summed E-state index contributed by atoms with van der Waals surface area (Å²) in [6.45, 7) is 2.12. The molecule has 110 valence electrons. The predicted octanol–water partition coefficient (Wildman–Crippen LogP) is 4.35. The van der Waals surface area contributed by atoms with Crippen molar-refractivity contribution in [3.63, 3.8) is 0 Å². The lowest BCUT2D eigenvalue weighted by molar-refractivity contribution is 0.290. The van der Waals surface area contributed by atoms with Gasteiger partial charge in [0.25, 0.3) is 0 Å². The molecular weight excluding hydrogens is 270 g/mol. The maximum absolute atomic E-state index is 10.6. The van der Waals surface area contributed by atoms with Gasteiger partial charge in [-0.25, -0.2) is 0 Å². The van der Waals surface area contributed by atoms with E-state index in [4.69, 9.17) is 17.3 Å². The van der Waals surface area contributed by atoms with E-state index in [1.165, 1.54) is 30.4 Å². The van der Waals surface area contributed by atoms with E-state index in [9.17, 15) is 5.11 Å². The van der Waals surface area contributed by atoms with Crippen LogP contribution in [0.2, 0.25) is 5.02 Å². The number of phenols is 1. The molecule has 0 bridgehead atoms. The highest BCUT2D eigenvalue weighted by atomic mass is 35.5. The van der Waals surface area contributed by atoms with Crippen molar-refractivity contribution in [1.82, 2.24) is 0 Å². The fraction of sp³-hybridized carbons (Fsp3) is 0.647. The molecule has 2 aliphatic carbocycles. The zero-order valence-electron chi connectivity index (χ0n) is 12.3. The van der Waals surface area contributed by atoms with E-state index in [2.05, 4.69) is 6.92 Å². The van der Waals surface area contributed by atoms with Crippen LogP contribution in [0.3, 0.4) is 0 Å². The Labute approximate surface area is 126 Å². The molecule has 3 heteroatoms. The number of halogens is 1. The molecule has 0 atom stereocenters. The van der Waals surface area contributed by atoms with Gasteiger partial charge in [0.05, 0.1) is 5.02 Å². The summed E-state index contributed by atoms with van der Waals surface area (Å²) in [7, 11) is 0. The van der Waals surface area contributed by atoms with Gasteiger partial charge in [-0.2, -0.15) is 0 Å². The molecule has 1 aromatic rings. The fourth-order valence-corrected chi connectivity index (χ4v) is 4.49. The first-order chi connectivity index (χ1) is 9.54. The van der Waals surface area contributed by atoms with Gasteiger partial charge in [-0.3, -0.25) is 0 Å². The van der Waals surface area contributed by atoms with Crippen LogP contribution in [-0.4, -0.2) is 5.11 Å². The molecule has 0 aromatic heterocycles. The smallest absolute Gasteiger partial charge is 0.139 e. The first kappa shape index (κ1) is 14.2. The molecule has 0 saturated heterocycles. The molecule has 20 heavy (non-hydrogen) atoms. The molecule has 3 rings (SSSR count). The van der Waals surface area contributed by atoms with Crippen molar-refractivity contribution in [1.29, 1.82) is 0 Å². The highest BCUT2D eigenvalue weighted by molar-refractivity contribution is 6.33. The SMILES string of the molecule is Cc1c2c(c(Cl)c(O)c1C1(N)CCCCC1)CCCC2. The van der Waals surface area contributed by atoms with E-state index in [0.717, 1.165) is 49.7 Å². The second-order valence-electron chi connectivity index (χ2n) is 6.54. The summed E-state index contributed by atoms with van der Waals surface area (Å²) in [4.78, 5) is 0. The van der Waals surface area contributed by atoms with Gasteiger partial charge in [0.1, 0.15) is 5.75 Å². The van der Waals surface area contributed by atoms with Crippen LogP contribution >= 0.6 is 11.6 Å². The first-order valence-electron chi connectivity index (χ1n) is 7.87. The van der Waals surface area contributed by atoms with Crippen LogP contribution in [0.25, 0.3) is 0 Å². The summed E-state index contributed by atoms with van der Waals surface area (Å²) in [5.74, 6) is 0.259.